The maximum Gasteiger partial charge on any atom is 0.232 e. The third-order valence-corrected chi connectivity index (χ3v) is 5.07. The van der Waals surface area contributed by atoms with E-state index < -0.39 is 0 Å². The van der Waals surface area contributed by atoms with Crippen LogP contribution in [0.25, 0.3) is 0 Å². The molecule has 24 heavy (non-hydrogen) atoms. The Bertz CT molecular complexity index is 701. The van der Waals surface area contributed by atoms with Gasteiger partial charge in [0.05, 0.1) is 5.92 Å². The Labute approximate surface area is 146 Å². The number of carbonyl (C=O) groups excluding carboxylic acids is 1. The molecule has 7 heteroatoms. The van der Waals surface area contributed by atoms with E-state index in [0.29, 0.717) is 31.1 Å². The molecule has 1 aromatic carbocycles. The highest BCUT2D eigenvalue weighted by Crippen LogP contribution is 2.31. The molecule has 2 atom stereocenters. The van der Waals surface area contributed by atoms with E-state index in [1.807, 2.05) is 37.6 Å². The minimum atomic E-state index is -0.0381. The summed E-state index contributed by atoms with van der Waals surface area (Å²) in [7, 11) is 1.90. The highest BCUT2D eigenvalue weighted by Gasteiger charge is 2.35. The Morgan fingerprint density at radius 1 is 1.42 bits per heavy atom. The molecule has 0 aliphatic carbocycles. The average molecular weight is 346 g/mol. The lowest BCUT2D eigenvalue weighted by atomic mass is 10.1. The number of hydrogen-bond acceptors (Lipinski definition) is 6. The van der Waals surface area contributed by atoms with Gasteiger partial charge in [0.1, 0.15) is 0 Å². The number of amides is 1. The van der Waals surface area contributed by atoms with Crippen molar-refractivity contribution in [2.45, 2.75) is 36.6 Å². The summed E-state index contributed by atoms with van der Waals surface area (Å²) in [5.74, 6) is 1.30. The molecular formula is C17H22N4O2S. The van der Waals surface area contributed by atoms with Gasteiger partial charge < -0.3 is 14.7 Å². The number of aromatic nitrogens is 2. The summed E-state index contributed by atoms with van der Waals surface area (Å²) in [6.07, 6.45) is 3.15. The zero-order chi connectivity index (χ0) is 17.1. The van der Waals surface area contributed by atoms with E-state index in [1.54, 1.807) is 16.7 Å². The molecule has 1 aliphatic rings. The molecule has 1 aromatic heterocycles. The summed E-state index contributed by atoms with van der Waals surface area (Å²) < 4.78 is 5.39. The number of benzene rings is 1. The van der Waals surface area contributed by atoms with Crippen molar-refractivity contribution >= 4 is 23.4 Å². The number of hydrogen-bond donors (Lipinski definition) is 1. The van der Waals surface area contributed by atoms with Crippen LogP contribution in [-0.4, -0.2) is 41.9 Å². The first-order valence-electron chi connectivity index (χ1n) is 8.05. The first-order chi connectivity index (χ1) is 11.6. The first kappa shape index (κ1) is 17.0. The Balaban J connectivity index is 1.70. The van der Waals surface area contributed by atoms with Gasteiger partial charge in [-0.25, -0.2) is 0 Å². The molecule has 1 saturated heterocycles. The fraction of sp³-hybridized carbons (Fsp3) is 0.471. The first-order valence-corrected chi connectivity index (χ1v) is 9.27. The van der Waals surface area contributed by atoms with E-state index in [1.165, 1.54) is 4.90 Å². The summed E-state index contributed by atoms with van der Waals surface area (Å²) in [5.41, 5.74) is 0.920. The van der Waals surface area contributed by atoms with Gasteiger partial charge in [0.2, 0.25) is 11.8 Å². The molecule has 0 radical (unpaired) electrons. The number of anilines is 1. The van der Waals surface area contributed by atoms with E-state index in [9.17, 15) is 4.79 Å². The molecule has 0 saturated carbocycles. The Morgan fingerprint density at radius 3 is 2.83 bits per heavy atom. The summed E-state index contributed by atoms with van der Waals surface area (Å²) in [4.78, 5) is 19.8. The Morgan fingerprint density at radius 2 is 2.17 bits per heavy atom. The number of nitrogens with one attached hydrogen (secondary N) is 1. The van der Waals surface area contributed by atoms with Crippen molar-refractivity contribution in [2.24, 2.45) is 0 Å². The molecular weight excluding hydrogens is 324 g/mol. The van der Waals surface area contributed by atoms with Gasteiger partial charge in [0, 0.05) is 36.0 Å². The van der Waals surface area contributed by atoms with E-state index in [-0.39, 0.29) is 17.9 Å². The third-order valence-electron chi connectivity index (χ3n) is 4.32. The second-order valence-electron chi connectivity index (χ2n) is 6.05. The van der Waals surface area contributed by atoms with Crippen LogP contribution in [-0.2, 0) is 11.2 Å². The molecule has 3 rings (SSSR count). The largest absolute Gasteiger partial charge is 0.339 e. The lowest BCUT2D eigenvalue weighted by Gasteiger charge is -2.16. The quantitative estimate of drug-likeness (QED) is 0.810. The number of thioether (sulfide) groups is 1. The summed E-state index contributed by atoms with van der Waals surface area (Å²) in [5, 5.41) is 7.19. The van der Waals surface area contributed by atoms with Crippen LogP contribution >= 0.6 is 11.8 Å². The van der Waals surface area contributed by atoms with Crippen LogP contribution in [0.2, 0.25) is 0 Å². The summed E-state index contributed by atoms with van der Waals surface area (Å²) in [6.45, 7) is 2.65. The lowest BCUT2D eigenvalue weighted by molar-refractivity contribution is -0.117. The van der Waals surface area contributed by atoms with Gasteiger partial charge in [-0.1, -0.05) is 5.16 Å². The van der Waals surface area contributed by atoms with Gasteiger partial charge in [-0.05, 0) is 44.5 Å². The molecule has 1 fully saturated rings. The molecule has 6 nitrogen and oxygen atoms in total. The number of nitrogens with zero attached hydrogens (tertiary/aromatic N) is 3. The van der Waals surface area contributed by atoms with Crippen LogP contribution in [0.5, 0.6) is 0 Å². The number of likely N-dealkylation sites (N-methyl/N-ethyl adjacent to an activating group) is 1. The van der Waals surface area contributed by atoms with Gasteiger partial charge in [-0.15, -0.1) is 11.8 Å². The van der Waals surface area contributed by atoms with Crippen molar-refractivity contribution in [1.29, 1.82) is 0 Å². The van der Waals surface area contributed by atoms with Crippen LogP contribution in [0.1, 0.15) is 31.0 Å². The molecule has 0 bridgehead atoms. The summed E-state index contributed by atoms with van der Waals surface area (Å²) in [6, 6.07) is 8.32. The SMILES string of the molecule is CNC(C)Cc1noc(C2CC(=O)N(c3ccc(SC)cc3)C2)n1. The molecule has 128 valence electrons. The number of rotatable bonds is 6. The van der Waals surface area contributed by atoms with Crippen molar-refractivity contribution in [1.82, 2.24) is 15.5 Å². The second-order valence-corrected chi connectivity index (χ2v) is 6.93. The van der Waals surface area contributed by atoms with E-state index in [2.05, 4.69) is 22.4 Å². The molecule has 2 heterocycles. The van der Waals surface area contributed by atoms with Gasteiger partial charge in [0.15, 0.2) is 5.82 Å². The van der Waals surface area contributed by atoms with Crippen LogP contribution in [0, 0.1) is 0 Å². The van der Waals surface area contributed by atoms with Crippen molar-refractivity contribution < 1.29 is 9.32 Å². The van der Waals surface area contributed by atoms with Crippen LogP contribution in [0.3, 0.4) is 0 Å². The zero-order valence-electron chi connectivity index (χ0n) is 14.2. The monoisotopic (exact) mass is 346 g/mol. The minimum Gasteiger partial charge on any atom is -0.339 e. The van der Waals surface area contributed by atoms with Gasteiger partial charge >= 0.3 is 0 Å². The smallest absolute Gasteiger partial charge is 0.232 e. The predicted molar refractivity (Wildman–Crippen MR) is 94.5 cm³/mol. The average Bonchev–Trinajstić information content (AvgIpc) is 3.21. The topological polar surface area (TPSA) is 71.3 Å². The van der Waals surface area contributed by atoms with Gasteiger partial charge in [-0.2, -0.15) is 4.98 Å². The van der Waals surface area contributed by atoms with Crippen LogP contribution in [0.15, 0.2) is 33.7 Å². The molecule has 2 aromatic rings. The molecule has 2 unspecified atom stereocenters. The maximum absolute atomic E-state index is 12.4. The van der Waals surface area contributed by atoms with Crippen molar-refractivity contribution in [3.8, 4) is 0 Å². The fourth-order valence-corrected chi connectivity index (χ4v) is 3.19. The predicted octanol–water partition coefficient (Wildman–Crippen LogP) is 2.46. The van der Waals surface area contributed by atoms with E-state index >= 15 is 0 Å². The molecule has 1 aliphatic heterocycles. The summed E-state index contributed by atoms with van der Waals surface area (Å²) >= 11 is 1.69. The van der Waals surface area contributed by atoms with Crippen molar-refractivity contribution in [3.63, 3.8) is 0 Å². The van der Waals surface area contributed by atoms with Gasteiger partial charge in [-0.3, -0.25) is 4.79 Å². The van der Waals surface area contributed by atoms with E-state index in [4.69, 9.17) is 4.52 Å². The Hall–Kier alpha value is -1.86. The van der Waals surface area contributed by atoms with Crippen LogP contribution in [0.4, 0.5) is 5.69 Å². The molecule has 0 spiro atoms. The van der Waals surface area contributed by atoms with E-state index in [0.717, 1.165) is 5.69 Å². The van der Waals surface area contributed by atoms with Crippen molar-refractivity contribution in [3.05, 3.63) is 36.0 Å². The van der Waals surface area contributed by atoms with Gasteiger partial charge in [0.25, 0.3) is 0 Å². The highest BCUT2D eigenvalue weighted by molar-refractivity contribution is 7.98. The fourth-order valence-electron chi connectivity index (χ4n) is 2.78. The second kappa shape index (κ2) is 7.36. The van der Waals surface area contributed by atoms with Crippen molar-refractivity contribution in [2.75, 3.05) is 24.7 Å². The maximum atomic E-state index is 12.4. The lowest BCUT2D eigenvalue weighted by Crippen LogP contribution is -2.24. The zero-order valence-corrected chi connectivity index (χ0v) is 15.0. The molecule has 1 amide bonds. The normalized spacial score (nSPS) is 19.0. The standard InChI is InChI=1S/C17H22N4O2S/c1-11(18-2)8-15-19-17(23-20-15)12-9-16(22)21(10-12)13-4-6-14(24-3)7-5-13/h4-7,11-12,18H,8-10H2,1-3H3. The van der Waals surface area contributed by atoms with Crippen LogP contribution < -0.4 is 10.2 Å². The third kappa shape index (κ3) is 3.62. The minimum absolute atomic E-state index is 0.0381. The number of carbonyl (C=O) groups is 1. The molecule has 1 N–H and O–H groups in total. The highest BCUT2D eigenvalue weighted by atomic mass is 32.2. The Kier molecular flexibility index (Phi) is 5.20.